The molecule has 3 N–H and O–H groups in total. The Morgan fingerprint density at radius 3 is 2.28 bits per heavy atom. The number of nitrogens with zero attached hydrogens (tertiary/aromatic N) is 1. The van der Waals surface area contributed by atoms with E-state index < -0.39 is 5.60 Å². The Balaban J connectivity index is 1.89. The molecule has 1 aromatic carbocycles. The fourth-order valence-corrected chi connectivity index (χ4v) is 3.63. The Hall–Kier alpha value is -2.64. The van der Waals surface area contributed by atoms with E-state index in [0.29, 0.717) is 19.2 Å². The number of alkyl carbamates (subject to hydrolysis) is 1. The average Bonchev–Trinajstić information content (AvgIpc) is 2.72. The first-order valence-corrected chi connectivity index (χ1v) is 11.6. The molecule has 1 aliphatic carbocycles. The van der Waals surface area contributed by atoms with E-state index in [0.717, 1.165) is 55.3 Å². The van der Waals surface area contributed by atoms with Crippen LogP contribution in [0.4, 0.5) is 4.79 Å². The fraction of sp³-hybridized carbons (Fsp3) is 0.667. The summed E-state index contributed by atoms with van der Waals surface area (Å²) in [5.74, 6) is 2.25. The summed E-state index contributed by atoms with van der Waals surface area (Å²) in [7, 11) is 1.64. The third kappa shape index (κ3) is 8.85. The van der Waals surface area contributed by atoms with Crippen LogP contribution in [0.3, 0.4) is 0 Å². The predicted molar refractivity (Wildman–Crippen MR) is 128 cm³/mol. The van der Waals surface area contributed by atoms with Gasteiger partial charge in [-0.15, -0.1) is 0 Å². The van der Waals surface area contributed by atoms with E-state index >= 15 is 0 Å². The van der Waals surface area contributed by atoms with E-state index in [9.17, 15) is 4.79 Å². The minimum Gasteiger partial charge on any atom is -0.493 e. The number of hydrogen-bond donors (Lipinski definition) is 3. The van der Waals surface area contributed by atoms with Gasteiger partial charge in [0.15, 0.2) is 17.5 Å². The first-order chi connectivity index (χ1) is 15.2. The molecule has 0 aromatic heterocycles. The summed E-state index contributed by atoms with van der Waals surface area (Å²) in [6.07, 6.45) is 3.40. The van der Waals surface area contributed by atoms with Crippen molar-refractivity contribution in [2.45, 2.75) is 84.5 Å². The summed E-state index contributed by atoms with van der Waals surface area (Å²) in [4.78, 5) is 16.8. The highest BCUT2D eigenvalue weighted by atomic mass is 16.6. The van der Waals surface area contributed by atoms with E-state index in [2.05, 4.69) is 22.9 Å². The van der Waals surface area contributed by atoms with Crippen molar-refractivity contribution in [2.24, 2.45) is 4.99 Å². The number of guanidine groups is 1. The van der Waals surface area contributed by atoms with Gasteiger partial charge in [-0.25, -0.2) is 9.79 Å². The maximum Gasteiger partial charge on any atom is 0.407 e. The molecule has 8 heteroatoms. The highest BCUT2D eigenvalue weighted by molar-refractivity contribution is 5.80. The van der Waals surface area contributed by atoms with E-state index in [4.69, 9.17) is 19.2 Å². The lowest BCUT2D eigenvalue weighted by molar-refractivity contribution is 0.0490. The monoisotopic (exact) mass is 448 g/mol. The lowest BCUT2D eigenvalue weighted by Crippen LogP contribution is -2.48. The number of amides is 1. The van der Waals surface area contributed by atoms with Gasteiger partial charge in [0.25, 0.3) is 0 Å². The average molecular weight is 449 g/mol. The van der Waals surface area contributed by atoms with Crippen molar-refractivity contribution < 1.29 is 19.0 Å². The highest BCUT2D eigenvalue weighted by Crippen LogP contribution is 2.28. The molecule has 180 valence electrons. The Labute approximate surface area is 192 Å². The third-order valence-corrected chi connectivity index (χ3v) is 5.08. The van der Waals surface area contributed by atoms with Crippen LogP contribution in [0.25, 0.3) is 0 Å². The summed E-state index contributed by atoms with van der Waals surface area (Å²) < 4.78 is 16.4. The Morgan fingerprint density at radius 2 is 1.72 bits per heavy atom. The van der Waals surface area contributed by atoms with Gasteiger partial charge in [0.05, 0.1) is 20.3 Å². The zero-order valence-corrected chi connectivity index (χ0v) is 20.4. The molecule has 1 aliphatic rings. The van der Waals surface area contributed by atoms with Gasteiger partial charge >= 0.3 is 6.09 Å². The molecule has 8 nitrogen and oxygen atoms in total. The first-order valence-electron chi connectivity index (χ1n) is 11.6. The van der Waals surface area contributed by atoms with Gasteiger partial charge in [0.2, 0.25) is 0 Å². The quantitative estimate of drug-likeness (QED) is 0.411. The number of benzene rings is 1. The topological polar surface area (TPSA) is 93.2 Å². The summed E-state index contributed by atoms with van der Waals surface area (Å²) in [6, 6.07) is 6.36. The van der Waals surface area contributed by atoms with E-state index in [1.54, 1.807) is 7.11 Å². The number of nitrogens with one attached hydrogen (secondary N) is 3. The minimum absolute atomic E-state index is 0.152. The number of rotatable bonds is 8. The van der Waals surface area contributed by atoms with Crippen LogP contribution in [0.1, 0.15) is 65.9 Å². The molecule has 0 spiro atoms. The largest absolute Gasteiger partial charge is 0.493 e. The van der Waals surface area contributed by atoms with Crippen molar-refractivity contribution >= 4 is 12.1 Å². The minimum atomic E-state index is -0.479. The third-order valence-electron chi connectivity index (χ3n) is 5.08. The van der Waals surface area contributed by atoms with Gasteiger partial charge in [0, 0.05) is 18.6 Å². The normalized spacial score (nSPS) is 19.1. The summed E-state index contributed by atoms with van der Waals surface area (Å²) in [6.45, 7) is 11.5. The summed E-state index contributed by atoms with van der Waals surface area (Å²) in [5.41, 5.74) is 0.574. The van der Waals surface area contributed by atoms with Crippen LogP contribution in [-0.2, 0) is 11.3 Å². The van der Waals surface area contributed by atoms with Crippen molar-refractivity contribution in [3.63, 3.8) is 0 Å². The standard InChI is InChI=1S/C24H40N4O4/c1-7-25-22(26-16-17-9-14-20(30-6)21(15-17)31-8-2)27-18-10-12-19(13-11-18)28-23(29)32-24(3,4)5/h9,14-15,18-19H,7-8,10-13,16H2,1-6H3,(H,28,29)(H2,25,26,27). The van der Waals surface area contributed by atoms with Gasteiger partial charge in [0.1, 0.15) is 5.60 Å². The SMILES string of the molecule is CCNC(=NCc1ccc(OC)c(OCC)c1)NC1CCC(NC(=O)OC(C)(C)C)CC1. The first kappa shape index (κ1) is 25.6. The number of aliphatic imine (C=N–C) groups is 1. The van der Waals surface area contributed by atoms with Crippen LogP contribution in [0.15, 0.2) is 23.2 Å². The van der Waals surface area contributed by atoms with Gasteiger partial charge in [-0.2, -0.15) is 0 Å². The number of methoxy groups -OCH3 is 1. The number of carbonyl (C=O) groups excluding carboxylic acids is 1. The van der Waals surface area contributed by atoms with Crippen molar-refractivity contribution in [1.29, 1.82) is 0 Å². The molecular formula is C24H40N4O4. The van der Waals surface area contributed by atoms with Gasteiger partial charge < -0.3 is 30.2 Å². The Kier molecular flexibility index (Phi) is 9.94. The van der Waals surface area contributed by atoms with Crippen molar-refractivity contribution in [3.8, 4) is 11.5 Å². The van der Waals surface area contributed by atoms with Crippen LogP contribution < -0.4 is 25.4 Å². The number of hydrogen-bond acceptors (Lipinski definition) is 5. The van der Waals surface area contributed by atoms with Crippen LogP contribution in [-0.4, -0.2) is 50.0 Å². The summed E-state index contributed by atoms with van der Waals surface area (Å²) >= 11 is 0. The smallest absolute Gasteiger partial charge is 0.407 e. The van der Waals surface area contributed by atoms with E-state index in [-0.39, 0.29) is 12.1 Å². The second-order valence-corrected chi connectivity index (χ2v) is 8.95. The lowest BCUT2D eigenvalue weighted by atomic mass is 9.91. The Bertz CT molecular complexity index is 753. The molecule has 1 fully saturated rings. The molecule has 0 saturated heterocycles. The maximum absolute atomic E-state index is 12.0. The molecule has 0 unspecified atom stereocenters. The van der Waals surface area contributed by atoms with Crippen LogP contribution in [0.2, 0.25) is 0 Å². The fourth-order valence-electron chi connectivity index (χ4n) is 3.63. The van der Waals surface area contributed by atoms with Crippen LogP contribution in [0, 0.1) is 0 Å². The molecule has 0 aliphatic heterocycles. The maximum atomic E-state index is 12.0. The lowest BCUT2D eigenvalue weighted by Gasteiger charge is -2.31. The predicted octanol–water partition coefficient (Wildman–Crippen LogP) is 3.98. The molecule has 1 amide bonds. The van der Waals surface area contributed by atoms with Gasteiger partial charge in [-0.3, -0.25) is 0 Å². The van der Waals surface area contributed by atoms with E-state index in [1.165, 1.54) is 0 Å². The molecule has 1 saturated carbocycles. The van der Waals surface area contributed by atoms with Gasteiger partial charge in [-0.1, -0.05) is 6.07 Å². The zero-order valence-electron chi connectivity index (χ0n) is 20.4. The molecule has 0 bridgehead atoms. The molecule has 1 aromatic rings. The summed E-state index contributed by atoms with van der Waals surface area (Å²) in [5, 5.41) is 9.85. The van der Waals surface area contributed by atoms with Crippen LogP contribution >= 0.6 is 0 Å². The van der Waals surface area contributed by atoms with Crippen molar-refractivity contribution in [2.75, 3.05) is 20.3 Å². The molecular weight excluding hydrogens is 408 g/mol. The highest BCUT2D eigenvalue weighted by Gasteiger charge is 2.25. The number of ether oxygens (including phenoxy) is 3. The van der Waals surface area contributed by atoms with Crippen LogP contribution in [0.5, 0.6) is 11.5 Å². The van der Waals surface area contributed by atoms with Crippen molar-refractivity contribution in [1.82, 2.24) is 16.0 Å². The molecule has 0 radical (unpaired) electrons. The Morgan fingerprint density at radius 1 is 1.06 bits per heavy atom. The van der Waals surface area contributed by atoms with Gasteiger partial charge in [-0.05, 0) is 78.0 Å². The molecule has 32 heavy (non-hydrogen) atoms. The van der Waals surface area contributed by atoms with E-state index in [1.807, 2.05) is 45.9 Å². The molecule has 0 heterocycles. The van der Waals surface area contributed by atoms with Crippen molar-refractivity contribution in [3.05, 3.63) is 23.8 Å². The zero-order chi connectivity index (χ0) is 23.6. The number of carbonyl (C=O) groups is 1. The molecule has 2 rings (SSSR count). The second-order valence-electron chi connectivity index (χ2n) is 8.95. The second kappa shape index (κ2) is 12.4. The molecule has 0 atom stereocenters.